The Hall–Kier alpha value is -1.81. The third kappa shape index (κ3) is 2.95. The molecule has 0 spiro atoms. The third-order valence-corrected chi connectivity index (χ3v) is 4.20. The molecule has 0 unspecified atom stereocenters. The SMILES string of the molecule is Cc1nc2c(n1CC(=O)Nc1ccccc1Cl)CCCC2. The number of anilines is 1. The number of fused-ring (bicyclic) bond motifs is 1. The molecule has 110 valence electrons. The second-order valence-electron chi connectivity index (χ2n) is 5.37. The van der Waals surface area contributed by atoms with Gasteiger partial charge in [0.2, 0.25) is 5.91 Å². The number of carbonyl (C=O) groups is 1. The maximum atomic E-state index is 12.3. The zero-order valence-corrected chi connectivity index (χ0v) is 12.8. The van der Waals surface area contributed by atoms with Gasteiger partial charge in [-0.2, -0.15) is 0 Å². The number of imidazole rings is 1. The highest BCUT2D eigenvalue weighted by atomic mass is 35.5. The second-order valence-corrected chi connectivity index (χ2v) is 5.78. The molecule has 1 N–H and O–H groups in total. The highest BCUT2D eigenvalue weighted by molar-refractivity contribution is 6.33. The number of aryl methyl sites for hydroxylation is 2. The highest BCUT2D eigenvalue weighted by Gasteiger charge is 2.19. The third-order valence-electron chi connectivity index (χ3n) is 3.87. The largest absolute Gasteiger partial charge is 0.323 e. The van der Waals surface area contributed by atoms with Crippen LogP contribution in [-0.4, -0.2) is 15.5 Å². The molecule has 0 radical (unpaired) electrons. The summed E-state index contributed by atoms with van der Waals surface area (Å²) in [5.41, 5.74) is 3.02. The van der Waals surface area contributed by atoms with Crippen molar-refractivity contribution in [2.45, 2.75) is 39.2 Å². The summed E-state index contributed by atoms with van der Waals surface area (Å²) >= 11 is 6.06. The first-order valence-corrected chi connectivity index (χ1v) is 7.62. The minimum absolute atomic E-state index is 0.0722. The Kier molecular flexibility index (Phi) is 3.97. The van der Waals surface area contributed by atoms with E-state index >= 15 is 0 Å². The van der Waals surface area contributed by atoms with Gasteiger partial charge in [-0.25, -0.2) is 4.98 Å². The molecule has 1 aliphatic rings. The summed E-state index contributed by atoms with van der Waals surface area (Å²) in [6, 6.07) is 7.26. The van der Waals surface area contributed by atoms with E-state index in [2.05, 4.69) is 10.3 Å². The van der Waals surface area contributed by atoms with E-state index in [1.54, 1.807) is 12.1 Å². The number of nitrogens with zero attached hydrogens (tertiary/aromatic N) is 2. The maximum Gasteiger partial charge on any atom is 0.244 e. The van der Waals surface area contributed by atoms with Gasteiger partial charge in [-0.15, -0.1) is 0 Å². The van der Waals surface area contributed by atoms with Crippen LogP contribution in [0.1, 0.15) is 30.1 Å². The molecule has 0 atom stereocenters. The Balaban J connectivity index is 1.76. The number of hydrogen-bond donors (Lipinski definition) is 1. The van der Waals surface area contributed by atoms with Gasteiger partial charge in [0.1, 0.15) is 12.4 Å². The molecule has 1 amide bonds. The first-order chi connectivity index (χ1) is 10.1. The molecule has 0 saturated carbocycles. The Morgan fingerprint density at radius 3 is 2.90 bits per heavy atom. The van der Waals surface area contributed by atoms with E-state index in [0.29, 0.717) is 17.3 Å². The van der Waals surface area contributed by atoms with E-state index in [1.807, 2.05) is 23.6 Å². The normalized spacial score (nSPS) is 13.8. The summed E-state index contributed by atoms with van der Waals surface area (Å²) in [7, 11) is 0. The lowest BCUT2D eigenvalue weighted by Gasteiger charge is -2.15. The molecule has 4 nitrogen and oxygen atoms in total. The van der Waals surface area contributed by atoms with Crippen molar-refractivity contribution in [2.24, 2.45) is 0 Å². The molecule has 1 aromatic heterocycles. The second kappa shape index (κ2) is 5.90. The fraction of sp³-hybridized carbons (Fsp3) is 0.375. The van der Waals surface area contributed by atoms with Crippen LogP contribution in [0.25, 0.3) is 0 Å². The topological polar surface area (TPSA) is 46.9 Å². The minimum Gasteiger partial charge on any atom is -0.323 e. The molecule has 0 fully saturated rings. The zero-order chi connectivity index (χ0) is 14.8. The van der Waals surface area contributed by atoms with Crippen molar-refractivity contribution in [1.29, 1.82) is 0 Å². The standard InChI is InChI=1S/C16H18ClN3O/c1-11-18-14-8-4-5-9-15(14)20(11)10-16(21)19-13-7-3-2-6-12(13)17/h2-3,6-7H,4-5,8-10H2,1H3,(H,19,21). The van der Waals surface area contributed by atoms with Gasteiger partial charge in [-0.1, -0.05) is 23.7 Å². The molecular weight excluding hydrogens is 286 g/mol. The van der Waals surface area contributed by atoms with Crippen LogP contribution in [0.5, 0.6) is 0 Å². The lowest BCUT2D eigenvalue weighted by atomic mass is 10.0. The number of amides is 1. The molecule has 1 aromatic carbocycles. The summed E-state index contributed by atoms with van der Waals surface area (Å²) in [5.74, 6) is 0.841. The van der Waals surface area contributed by atoms with Crippen molar-refractivity contribution in [3.8, 4) is 0 Å². The first kappa shape index (κ1) is 14.1. The van der Waals surface area contributed by atoms with Crippen LogP contribution in [0.2, 0.25) is 5.02 Å². The van der Waals surface area contributed by atoms with Crippen LogP contribution in [0.4, 0.5) is 5.69 Å². The van der Waals surface area contributed by atoms with Gasteiger partial charge in [0.05, 0.1) is 16.4 Å². The van der Waals surface area contributed by atoms with Gasteiger partial charge in [-0.05, 0) is 44.7 Å². The molecule has 1 heterocycles. The van der Waals surface area contributed by atoms with Crippen LogP contribution >= 0.6 is 11.6 Å². The minimum atomic E-state index is -0.0722. The Morgan fingerprint density at radius 1 is 1.33 bits per heavy atom. The van der Waals surface area contributed by atoms with E-state index in [4.69, 9.17) is 11.6 Å². The van der Waals surface area contributed by atoms with Crippen molar-refractivity contribution in [3.05, 3.63) is 46.5 Å². The Morgan fingerprint density at radius 2 is 2.10 bits per heavy atom. The number of carbonyl (C=O) groups excluding carboxylic acids is 1. The van der Waals surface area contributed by atoms with Crippen LogP contribution in [-0.2, 0) is 24.2 Å². The van der Waals surface area contributed by atoms with Crippen LogP contribution in [0.3, 0.4) is 0 Å². The first-order valence-electron chi connectivity index (χ1n) is 7.24. The lowest BCUT2D eigenvalue weighted by Crippen LogP contribution is -2.21. The van der Waals surface area contributed by atoms with Crippen molar-refractivity contribution >= 4 is 23.2 Å². The smallest absolute Gasteiger partial charge is 0.244 e. The fourth-order valence-corrected chi connectivity index (χ4v) is 3.02. The average Bonchev–Trinajstić information content (AvgIpc) is 2.78. The molecule has 0 bridgehead atoms. The van der Waals surface area contributed by atoms with Gasteiger partial charge < -0.3 is 9.88 Å². The number of para-hydroxylation sites is 1. The summed E-state index contributed by atoms with van der Waals surface area (Å²) in [4.78, 5) is 16.8. The van der Waals surface area contributed by atoms with E-state index in [0.717, 1.165) is 24.4 Å². The molecule has 0 aliphatic heterocycles. The highest BCUT2D eigenvalue weighted by Crippen LogP contribution is 2.23. The van der Waals surface area contributed by atoms with Gasteiger partial charge in [0.25, 0.3) is 0 Å². The van der Waals surface area contributed by atoms with Crippen molar-refractivity contribution in [3.63, 3.8) is 0 Å². The number of benzene rings is 1. The average molecular weight is 304 g/mol. The summed E-state index contributed by atoms with van der Waals surface area (Å²) < 4.78 is 2.03. The number of nitrogens with one attached hydrogen (secondary N) is 1. The summed E-state index contributed by atoms with van der Waals surface area (Å²) in [6.45, 7) is 2.25. The van der Waals surface area contributed by atoms with Gasteiger partial charge in [0.15, 0.2) is 0 Å². The van der Waals surface area contributed by atoms with Crippen molar-refractivity contribution in [2.75, 3.05) is 5.32 Å². The number of rotatable bonds is 3. The predicted molar refractivity (Wildman–Crippen MR) is 83.7 cm³/mol. The zero-order valence-electron chi connectivity index (χ0n) is 12.0. The maximum absolute atomic E-state index is 12.3. The van der Waals surface area contributed by atoms with Crippen LogP contribution < -0.4 is 5.32 Å². The van der Waals surface area contributed by atoms with Crippen LogP contribution in [0.15, 0.2) is 24.3 Å². The lowest BCUT2D eigenvalue weighted by molar-refractivity contribution is -0.116. The molecule has 21 heavy (non-hydrogen) atoms. The predicted octanol–water partition coefficient (Wildman–Crippen LogP) is 3.36. The van der Waals surface area contributed by atoms with Gasteiger partial charge >= 0.3 is 0 Å². The monoisotopic (exact) mass is 303 g/mol. The quantitative estimate of drug-likeness (QED) is 0.945. The van der Waals surface area contributed by atoms with Gasteiger partial charge in [-0.3, -0.25) is 4.79 Å². The van der Waals surface area contributed by atoms with E-state index in [-0.39, 0.29) is 5.91 Å². The number of halogens is 1. The Labute approximate surface area is 129 Å². The molecular formula is C16H18ClN3O. The molecule has 2 aromatic rings. The van der Waals surface area contributed by atoms with E-state index in [9.17, 15) is 4.79 Å². The number of hydrogen-bond acceptors (Lipinski definition) is 2. The molecule has 1 aliphatic carbocycles. The Bertz CT molecular complexity index is 678. The van der Waals surface area contributed by atoms with E-state index < -0.39 is 0 Å². The molecule has 5 heteroatoms. The van der Waals surface area contributed by atoms with Gasteiger partial charge in [0, 0.05) is 5.69 Å². The van der Waals surface area contributed by atoms with Crippen LogP contribution in [0, 0.1) is 6.92 Å². The van der Waals surface area contributed by atoms with Crippen molar-refractivity contribution in [1.82, 2.24) is 9.55 Å². The summed E-state index contributed by atoms with van der Waals surface area (Å²) in [5, 5.41) is 3.41. The fourth-order valence-electron chi connectivity index (χ4n) is 2.84. The van der Waals surface area contributed by atoms with E-state index in [1.165, 1.54) is 18.5 Å². The van der Waals surface area contributed by atoms with Crippen molar-refractivity contribution < 1.29 is 4.79 Å². The molecule has 0 saturated heterocycles. The number of aromatic nitrogens is 2. The molecule has 3 rings (SSSR count). The summed E-state index contributed by atoms with van der Waals surface area (Å²) in [6.07, 6.45) is 4.39.